The van der Waals surface area contributed by atoms with Crippen molar-refractivity contribution in [2.45, 2.75) is 4.90 Å². The third kappa shape index (κ3) is 4.19. The number of nitriles is 1. The van der Waals surface area contributed by atoms with Gasteiger partial charge in [0.05, 0.1) is 16.0 Å². The van der Waals surface area contributed by atoms with E-state index in [-0.39, 0.29) is 16.2 Å². The minimum absolute atomic E-state index is 0.0671. The summed E-state index contributed by atoms with van der Waals surface area (Å²) in [5.41, 5.74) is 1.98. The van der Waals surface area contributed by atoms with Gasteiger partial charge in [-0.1, -0.05) is 12.1 Å². The maximum atomic E-state index is 12.8. The second kappa shape index (κ2) is 7.94. The monoisotopic (exact) mass is 496 g/mol. The molecule has 0 saturated carbocycles. The summed E-state index contributed by atoms with van der Waals surface area (Å²) in [5, 5.41) is 11.7. The molecule has 0 saturated heterocycles. The van der Waals surface area contributed by atoms with Crippen molar-refractivity contribution in [3.8, 4) is 17.5 Å². The highest BCUT2D eigenvalue weighted by Gasteiger charge is 2.21. The number of fused-ring (bicyclic) bond motifs is 1. The highest BCUT2D eigenvalue weighted by molar-refractivity contribution is 9.10. The van der Waals surface area contributed by atoms with E-state index in [1.807, 2.05) is 24.3 Å². The Hall–Kier alpha value is -3.55. The van der Waals surface area contributed by atoms with Gasteiger partial charge >= 0.3 is 0 Å². The molecule has 4 aromatic rings. The molecule has 4 rings (SSSR count). The smallest absolute Gasteiger partial charge is 0.257 e. The van der Waals surface area contributed by atoms with Gasteiger partial charge in [0.2, 0.25) is 5.89 Å². The van der Waals surface area contributed by atoms with Crippen LogP contribution in [0.3, 0.4) is 0 Å². The van der Waals surface area contributed by atoms with E-state index >= 15 is 0 Å². The Morgan fingerprint density at radius 2 is 1.97 bits per heavy atom. The van der Waals surface area contributed by atoms with Gasteiger partial charge in [-0.05, 0) is 52.3 Å². The predicted molar refractivity (Wildman–Crippen MR) is 117 cm³/mol. The van der Waals surface area contributed by atoms with Crippen LogP contribution < -0.4 is 5.32 Å². The first-order valence-corrected chi connectivity index (χ1v) is 11.5. The number of pyridine rings is 1. The van der Waals surface area contributed by atoms with Crippen LogP contribution in [0.1, 0.15) is 16.1 Å². The van der Waals surface area contributed by atoms with Crippen LogP contribution in [0, 0.1) is 11.3 Å². The number of rotatable bonds is 4. The number of halogens is 1. The minimum atomic E-state index is -3.73. The van der Waals surface area contributed by atoms with E-state index in [0.29, 0.717) is 22.7 Å². The van der Waals surface area contributed by atoms with Crippen molar-refractivity contribution in [3.63, 3.8) is 0 Å². The Kier molecular flexibility index (Phi) is 5.31. The van der Waals surface area contributed by atoms with E-state index in [2.05, 4.69) is 31.2 Å². The zero-order valence-electron chi connectivity index (χ0n) is 16.0. The zero-order valence-corrected chi connectivity index (χ0v) is 18.4. The number of anilines is 1. The van der Waals surface area contributed by atoms with Gasteiger partial charge in [-0.3, -0.25) is 4.79 Å². The second-order valence-electron chi connectivity index (χ2n) is 6.59. The molecule has 31 heavy (non-hydrogen) atoms. The number of carbonyl (C=O) groups is 1. The third-order valence-corrected chi connectivity index (χ3v) is 6.19. The van der Waals surface area contributed by atoms with E-state index in [4.69, 9.17) is 9.68 Å². The number of hydrogen-bond acceptors (Lipinski definition) is 7. The molecule has 0 unspecified atom stereocenters. The molecule has 0 aliphatic carbocycles. The van der Waals surface area contributed by atoms with E-state index in [9.17, 15) is 13.2 Å². The van der Waals surface area contributed by atoms with Gasteiger partial charge in [-0.25, -0.2) is 18.4 Å². The Bertz CT molecular complexity index is 1490. The Morgan fingerprint density at radius 3 is 2.68 bits per heavy atom. The fourth-order valence-corrected chi connectivity index (χ4v) is 4.18. The highest BCUT2D eigenvalue weighted by Crippen LogP contribution is 2.31. The molecule has 0 atom stereocenters. The van der Waals surface area contributed by atoms with Crippen LogP contribution in [-0.2, 0) is 9.84 Å². The fraction of sp³-hybridized carbons (Fsp3) is 0.0476. The van der Waals surface area contributed by atoms with E-state index < -0.39 is 15.7 Å². The molecule has 154 valence electrons. The highest BCUT2D eigenvalue weighted by atomic mass is 79.9. The normalized spacial score (nSPS) is 11.3. The quantitative estimate of drug-likeness (QED) is 0.448. The number of sulfone groups is 1. The number of nitrogens with zero attached hydrogens (tertiary/aromatic N) is 3. The summed E-state index contributed by atoms with van der Waals surface area (Å²) in [4.78, 5) is 20.8. The molecule has 0 radical (unpaired) electrons. The summed E-state index contributed by atoms with van der Waals surface area (Å²) in [6.07, 6.45) is 1.98. The molecule has 8 nitrogen and oxygen atoms in total. The number of hydrogen-bond donors (Lipinski definition) is 1. The van der Waals surface area contributed by atoms with Crippen LogP contribution in [-0.4, -0.2) is 30.5 Å². The van der Waals surface area contributed by atoms with Gasteiger partial charge in [0.1, 0.15) is 17.3 Å². The van der Waals surface area contributed by atoms with Gasteiger partial charge in [0.25, 0.3) is 5.91 Å². The van der Waals surface area contributed by atoms with Gasteiger partial charge < -0.3 is 9.73 Å². The molecule has 1 N–H and O–H groups in total. The number of oxazole rings is 1. The molecule has 2 heterocycles. The molecule has 0 aliphatic rings. The van der Waals surface area contributed by atoms with Gasteiger partial charge in [-0.15, -0.1) is 0 Å². The van der Waals surface area contributed by atoms with Crippen molar-refractivity contribution in [2.24, 2.45) is 0 Å². The second-order valence-corrected chi connectivity index (χ2v) is 9.42. The molecule has 1 amide bonds. The Balaban J connectivity index is 1.69. The van der Waals surface area contributed by atoms with Crippen molar-refractivity contribution < 1.29 is 17.6 Å². The summed E-state index contributed by atoms with van der Waals surface area (Å²) in [7, 11) is -3.73. The standard InChI is InChI=1S/C21H13BrN4O4S/c1-31(28,29)19-11-24-13(10-23)8-15(19)20(27)25-12-6-7-18-17(9-12)26-21(30-18)14-4-2-3-5-16(14)22/h2-9,11H,1H3,(H,25,27). The molecule has 10 heteroatoms. The average molecular weight is 497 g/mol. The lowest BCUT2D eigenvalue weighted by atomic mass is 10.2. The van der Waals surface area contributed by atoms with Crippen LogP contribution in [0.15, 0.2) is 68.5 Å². The predicted octanol–water partition coefficient (Wildman–Crippen LogP) is 4.18. The summed E-state index contributed by atoms with van der Waals surface area (Å²) in [5.74, 6) is -0.272. The first-order chi connectivity index (χ1) is 14.8. The van der Waals surface area contributed by atoms with Crippen LogP contribution >= 0.6 is 15.9 Å². The van der Waals surface area contributed by atoms with Gasteiger partial charge in [0, 0.05) is 22.6 Å². The molecular weight excluding hydrogens is 484 g/mol. The molecule has 2 aromatic heterocycles. The third-order valence-electron chi connectivity index (χ3n) is 4.38. The summed E-state index contributed by atoms with van der Waals surface area (Å²) >= 11 is 3.46. The lowest BCUT2D eigenvalue weighted by molar-refractivity contribution is 0.102. The number of nitrogens with one attached hydrogen (secondary N) is 1. The molecular formula is C21H13BrN4O4S. The molecule has 0 aliphatic heterocycles. The number of aromatic nitrogens is 2. The lowest BCUT2D eigenvalue weighted by Crippen LogP contribution is -2.17. The average Bonchev–Trinajstić information content (AvgIpc) is 3.16. The Morgan fingerprint density at radius 1 is 1.19 bits per heavy atom. The summed E-state index contributed by atoms with van der Waals surface area (Å²) < 4.78 is 30.7. The van der Waals surface area contributed by atoms with E-state index in [1.165, 1.54) is 0 Å². The Labute approximate surface area is 185 Å². The van der Waals surface area contributed by atoms with Crippen LogP contribution in [0.25, 0.3) is 22.6 Å². The van der Waals surface area contributed by atoms with Crippen molar-refractivity contribution in [1.29, 1.82) is 5.26 Å². The first-order valence-electron chi connectivity index (χ1n) is 8.83. The number of amides is 1. The SMILES string of the molecule is CS(=O)(=O)c1cnc(C#N)cc1C(=O)Nc1ccc2oc(-c3ccccc3Br)nc2c1. The lowest BCUT2D eigenvalue weighted by Gasteiger charge is -2.09. The van der Waals surface area contributed by atoms with Crippen molar-refractivity contribution in [1.82, 2.24) is 9.97 Å². The van der Waals surface area contributed by atoms with Crippen molar-refractivity contribution in [3.05, 3.63) is 70.5 Å². The first kappa shape index (κ1) is 20.7. The van der Waals surface area contributed by atoms with E-state index in [1.54, 1.807) is 24.3 Å². The number of carbonyl (C=O) groups excluding carboxylic acids is 1. The van der Waals surface area contributed by atoms with Crippen molar-refractivity contribution >= 4 is 48.5 Å². The van der Waals surface area contributed by atoms with Gasteiger partial charge in [0.15, 0.2) is 15.4 Å². The molecule has 0 bridgehead atoms. The topological polar surface area (TPSA) is 126 Å². The maximum Gasteiger partial charge on any atom is 0.257 e. The molecule has 0 spiro atoms. The number of benzene rings is 2. The minimum Gasteiger partial charge on any atom is -0.436 e. The summed E-state index contributed by atoms with van der Waals surface area (Å²) in [6.45, 7) is 0. The zero-order chi connectivity index (χ0) is 22.2. The molecule has 2 aromatic carbocycles. The van der Waals surface area contributed by atoms with E-state index in [0.717, 1.165) is 28.6 Å². The van der Waals surface area contributed by atoms with Crippen LogP contribution in [0.4, 0.5) is 5.69 Å². The fourth-order valence-electron chi connectivity index (χ4n) is 2.93. The molecule has 0 fully saturated rings. The van der Waals surface area contributed by atoms with Crippen LogP contribution in [0.2, 0.25) is 0 Å². The van der Waals surface area contributed by atoms with Crippen LogP contribution in [0.5, 0.6) is 0 Å². The maximum absolute atomic E-state index is 12.8. The largest absolute Gasteiger partial charge is 0.436 e. The summed E-state index contributed by atoms with van der Waals surface area (Å²) in [6, 6.07) is 15.3. The van der Waals surface area contributed by atoms with Gasteiger partial charge in [-0.2, -0.15) is 5.26 Å². The van der Waals surface area contributed by atoms with Crippen molar-refractivity contribution in [2.75, 3.05) is 11.6 Å².